The van der Waals surface area contributed by atoms with Gasteiger partial charge in [-0.2, -0.15) is 5.10 Å². The first-order valence-electron chi connectivity index (χ1n) is 3.81. The lowest BCUT2D eigenvalue weighted by Crippen LogP contribution is -2.31. The van der Waals surface area contributed by atoms with E-state index in [0.29, 0.717) is 0 Å². The van der Waals surface area contributed by atoms with E-state index >= 15 is 0 Å². The summed E-state index contributed by atoms with van der Waals surface area (Å²) < 4.78 is 1.46. The first-order valence-corrected chi connectivity index (χ1v) is 3.81. The number of aromatic nitrogens is 3. The van der Waals surface area contributed by atoms with Crippen LogP contribution in [0.4, 0.5) is 0 Å². The van der Waals surface area contributed by atoms with Gasteiger partial charge in [0.15, 0.2) is 0 Å². The van der Waals surface area contributed by atoms with Crippen molar-refractivity contribution in [3.63, 3.8) is 0 Å². The van der Waals surface area contributed by atoms with E-state index in [-0.39, 0.29) is 18.5 Å². The van der Waals surface area contributed by atoms with Crippen LogP contribution in [0, 0.1) is 12.3 Å². The molecule has 0 radical (unpaired) electrons. The fourth-order valence-electron chi connectivity index (χ4n) is 0.823. The lowest BCUT2D eigenvalue weighted by Gasteiger charge is -2.09. The van der Waals surface area contributed by atoms with Gasteiger partial charge in [0.25, 0.3) is 0 Å². The van der Waals surface area contributed by atoms with Crippen LogP contribution >= 0.6 is 0 Å². The molecule has 1 N–H and O–H groups in total. The van der Waals surface area contributed by atoms with Crippen molar-refractivity contribution in [3.05, 3.63) is 12.7 Å². The number of carbonyl (C=O) groups excluding carboxylic acids is 1. The monoisotopic (exact) mass is 178 g/mol. The molecule has 13 heavy (non-hydrogen) atoms. The number of amides is 1. The molecule has 1 atom stereocenters. The molecule has 1 heterocycles. The van der Waals surface area contributed by atoms with Crippen LogP contribution in [0.2, 0.25) is 0 Å². The van der Waals surface area contributed by atoms with E-state index in [1.54, 1.807) is 6.92 Å². The molecule has 68 valence electrons. The van der Waals surface area contributed by atoms with E-state index in [2.05, 4.69) is 21.3 Å². The van der Waals surface area contributed by atoms with Crippen molar-refractivity contribution in [3.8, 4) is 12.3 Å². The molecular formula is C8H10N4O. The van der Waals surface area contributed by atoms with Crippen LogP contribution in [0.1, 0.15) is 13.0 Å². The zero-order chi connectivity index (χ0) is 9.68. The predicted octanol–water partition coefficient (Wildman–Crippen LogP) is -0.412. The second kappa shape index (κ2) is 4.26. The van der Waals surface area contributed by atoms with E-state index in [1.807, 2.05) is 0 Å². The number of rotatable bonds is 3. The quantitative estimate of drug-likeness (QED) is 0.640. The van der Waals surface area contributed by atoms with Crippen molar-refractivity contribution in [1.29, 1.82) is 0 Å². The summed E-state index contributed by atoms with van der Waals surface area (Å²) in [5.41, 5.74) is 0. The third kappa shape index (κ3) is 2.30. The van der Waals surface area contributed by atoms with Crippen LogP contribution in [-0.4, -0.2) is 27.2 Å². The summed E-state index contributed by atoms with van der Waals surface area (Å²) in [6.07, 6.45) is 7.86. The highest BCUT2D eigenvalue weighted by atomic mass is 16.2. The molecule has 0 saturated carbocycles. The Balaban J connectivity index is 2.54. The van der Waals surface area contributed by atoms with Gasteiger partial charge in [-0.25, -0.2) is 9.67 Å². The van der Waals surface area contributed by atoms with Crippen molar-refractivity contribution in [1.82, 2.24) is 20.1 Å². The molecule has 1 rings (SSSR count). The highest BCUT2D eigenvalue weighted by molar-refractivity contribution is 5.79. The predicted molar refractivity (Wildman–Crippen MR) is 46.6 cm³/mol. The SMILES string of the molecule is C#CCNC(=O)C(C)n1cncn1. The zero-order valence-electron chi connectivity index (χ0n) is 7.27. The minimum atomic E-state index is -0.379. The average molecular weight is 178 g/mol. The van der Waals surface area contributed by atoms with Gasteiger partial charge < -0.3 is 5.32 Å². The Morgan fingerprint density at radius 2 is 2.62 bits per heavy atom. The Morgan fingerprint density at radius 1 is 1.85 bits per heavy atom. The van der Waals surface area contributed by atoms with Crippen molar-refractivity contribution < 1.29 is 4.79 Å². The molecule has 0 bridgehead atoms. The van der Waals surface area contributed by atoms with Crippen molar-refractivity contribution in [2.24, 2.45) is 0 Å². The zero-order valence-corrected chi connectivity index (χ0v) is 7.27. The van der Waals surface area contributed by atoms with E-state index in [4.69, 9.17) is 6.42 Å². The molecule has 1 unspecified atom stereocenters. The van der Waals surface area contributed by atoms with Gasteiger partial charge in [-0.3, -0.25) is 4.79 Å². The van der Waals surface area contributed by atoms with Gasteiger partial charge in [0, 0.05) is 0 Å². The number of nitrogens with zero attached hydrogens (tertiary/aromatic N) is 3. The first-order chi connectivity index (χ1) is 6.25. The third-order valence-electron chi connectivity index (χ3n) is 1.58. The topological polar surface area (TPSA) is 59.8 Å². The Labute approximate surface area is 76.2 Å². The minimum absolute atomic E-state index is 0.163. The molecule has 0 saturated heterocycles. The van der Waals surface area contributed by atoms with Crippen molar-refractivity contribution in [2.75, 3.05) is 6.54 Å². The highest BCUT2D eigenvalue weighted by Crippen LogP contribution is 2.00. The van der Waals surface area contributed by atoms with Gasteiger partial charge in [0.05, 0.1) is 6.54 Å². The summed E-state index contributed by atoms with van der Waals surface area (Å²) in [6, 6.07) is -0.379. The molecule has 0 aliphatic carbocycles. The molecule has 0 spiro atoms. The van der Waals surface area contributed by atoms with E-state index < -0.39 is 0 Å². The van der Waals surface area contributed by atoms with Gasteiger partial charge in [0.1, 0.15) is 18.7 Å². The molecule has 1 aromatic rings. The van der Waals surface area contributed by atoms with Gasteiger partial charge >= 0.3 is 0 Å². The molecular weight excluding hydrogens is 168 g/mol. The van der Waals surface area contributed by atoms with E-state index in [9.17, 15) is 4.79 Å². The maximum atomic E-state index is 11.3. The van der Waals surface area contributed by atoms with Gasteiger partial charge in [-0.15, -0.1) is 6.42 Å². The summed E-state index contributed by atoms with van der Waals surface area (Å²) >= 11 is 0. The van der Waals surface area contributed by atoms with Crippen molar-refractivity contribution in [2.45, 2.75) is 13.0 Å². The lowest BCUT2D eigenvalue weighted by atomic mass is 10.3. The number of hydrogen-bond donors (Lipinski definition) is 1. The molecule has 5 heteroatoms. The largest absolute Gasteiger partial charge is 0.343 e. The second-order valence-corrected chi connectivity index (χ2v) is 2.47. The molecule has 1 amide bonds. The average Bonchev–Trinajstić information content (AvgIpc) is 2.65. The molecule has 0 fully saturated rings. The van der Waals surface area contributed by atoms with Crippen LogP contribution < -0.4 is 5.32 Å². The Kier molecular flexibility index (Phi) is 3.03. The number of terminal acetylenes is 1. The summed E-state index contributed by atoms with van der Waals surface area (Å²) in [4.78, 5) is 15.0. The van der Waals surface area contributed by atoms with Crippen LogP contribution in [-0.2, 0) is 4.79 Å². The third-order valence-corrected chi connectivity index (χ3v) is 1.58. The lowest BCUT2D eigenvalue weighted by molar-refractivity contribution is -0.123. The summed E-state index contributed by atoms with van der Waals surface area (Å²) in [7, 11) is 0. The molecule has 1 aromatic heterocycles. The van der Waals surface area contributed by atoms with E-state index in [1.165, 1.54) is 17.3 Å². The molecule has 0 aliphatic rings. The first kappa shape index (κ1) is 9.26. The standard InChI is InChI=1S/C8H10N4O/c1-3-4-10-8(13)7(2)12-6-9-5-11-12/h1,5-7H,4H2,2H3,(H,10,13). The Morgan fingerprint density at radius 3 is 3.15 bits per heavy atom. The smallest absolute Gasteiger partial charge is 0.245 e. The summed E-state index contributed by atoms with van der Waals surface area (Å²) in [6.45, 7) is 1.96. The fraction of sp³-hybridized carbons (Fsp3) is 0.375. The molecule has 0 aliphatic heterocycles. The van der Waals surface area contributed by atoms with Crippen LogP contribution in [0.5, 0.6) is 0 Å². The van der Waals surface area contributed by atoms with Crippen LogP contribution in [0.15, 0.2) is 12.7 Å². The van der Waals surface area contributed by atoms with Gasteiger partial charge in [0.2, 0.25) is 5.91 Å². The van der Waals surface area contributed by atoms with Crippen LogP contribution in [0.25, 0.3) is 0 Å². The van der Waals surface area contributed by atoms with E-state index in [0.717, 1.165) is 0 Å². The highest BCUT2D eigenvalue weighted by Gasteiger charge is 2.13. The summed E-state index contributed by atoms with van der Waals surface area (Å²) in [5, 5.41) is 6.40. The summed E-state index contributed by atoms with van der Waals surface area (Å²) in [5.74, 6) is 2.16. The Hall–Kier alpha value is -1.83. The minimum Gasteiger partial charge on any atom is -0.343 e. The molecule has 0 aromatic carbocycles. The van der Waals surface area contributed by atoms with Gasteiger partial charge in [-0.05, 0) is 6.92 Å². The maximum Gasteiger partial charge on any atom is 0.245 e. The molecule has 5 nitrogen and oxygen atoms in total. The normalized spacial score (nSPS) is 11.7. The Bertz CT molecular complexity index is 311. The fourth-order valence-corrected chi connectivity index (χ4v) is 0.823. The van der Waals surface area contributed by atoms with Crippen molar-refractivity contribution >= 4 is 5.91 Å². The second-order valence-electron chi connectivity index (χ2n) is 2.47. The van der Waals surface area contributed by atoms with Gasteiger partial charge in [-0.1, -0.05) is 5.92 Å². The number of carbonyl (C=O) groups is 1. The number of hydrogen-bond acceptors (Lipinski definition) is 3. The number of nitrogens with one attached hydrogen (secondary N) is 1. The van der Waals surface area contributed by atoms with Crippen LogP contribution in [0.3, 0.4) is 0 Å². The maximum absolute atomic E-state index is 11.3.